The predicted molar refractivity (Wildman–Crippen MR) is 47.9 cm³/mol. The molecule has 1 aromatic rings. The summed E-state index contributed by atoms with van der Waals surface area (Å²) in [5.41, 5.74) is 0. The first-order chi connectivity index (χ1) is 5.92. The zero-order chi connectivity index (χ0) is 8.39. The molecule has 0 saturated heterocycles. The molecule has 66 valence electrons. The Morgan fingerprint density at radius 1 is 1.58 bits per heavy atom. The van der Waals surface area contributed by atoms with Gasteiger partial charge >= 0.3 is 0 Å². The highest BCUT2D eigenvalue weighted by molar-refractivity contribution is 4.86. The molecular formula is C10H17N2+. The van der Waals surface area contributed by atoms with E-state index in [-0.39, 0.29) is 0 Å². The Hall–Kier alpha value is -0.790. The Bertz CT molecular complexity index is 263. The molecule has 0 bridgehead atoms. The van der Waals surface area contributed by atoms with Crippen molar-refractivity contribution >= 4 is 0 Å². The molecule has 1 aliphatic rings. The van der Waals surface area contributed by atoms with Crippen LogP contribution in [0.15, 0.2) is 12.4 Å². The highest BCUT2D eigenvalue weighted by atomic mass is 15.2. The van der Waals surface area contributed by atoms with E-state index in [2.05, 4.69) is 28.5 Å². The van der Waals surface area contributed by atoms with Gasteiger partial charge in [0.15, 0.2) is 0 Å². The van der Waals surface area contributed by atoms with Gasteiger partial charge in [0.2, 0.25) is 0 Å². The van der Waals surface area contributed by atoms with Crippen molar-refractivity contribution in [3.63, 3.8) is 0 Å². The maximum Gasteiger partial charge on any atom is 0.256 e. The Morgan fingerprint density at radius 3 is 3.33 bits per heavy atom. The summed E-state index contributed by atoms with van der Waals surface area (Å²) in [5, 5.41) is 0. The minimum Gasteiger partial charge on any atom is -0.234 e. The lowest BCUT2D eigenvalue weighted by atomic mass is 10.3. The molecule has 2 nitrogen and oxygen atoms in total. The third kappa shape index (κ3) is 1.26. The Kier molecular flexibility index (Phi) is 2.15. The lowest BCUT2D eigenvalue weighted by Crippen LogP contribution is -2.30. The molecule has 2 heterocycles. The van der Waals surface area contributed by atoms with E-state index in [0.29, 0.717) is 0 Å². The number of unbranched alkanes of at least 4 members (excludes halogenated alkanes) is 1. The van der Waals surface area contributed by atoms with Gasteiger partial charge in [0.25, 0.3) is 5.82 Å². The monoisotopic (exact) mass is 165 g/mol. The van der Waals surface area contributed by atoms with E-state index in [4.69, 9.17) is 0 Å². The molecule has 1 aromatic heterocycles. The Balaban J connectivity index is 2.11. The third-order valence-corrected chi connectivity index (χ3v) is 2.64. The highest BCUT2D eigenvalue weighted by Gasteiger charge is 2.21. The van der Waals surface area contributed by atoms with Gasteiger partial charge in [0.05, 0.1) is 19.5 Å². The number of aromatic nitrogens is 2. The van der Waals surface area contributed by atoms with E-state index in [0.717, 1.165) is 0 Å². The summed E-state index contributed by atoms with van der Waals surface area (Å²) in [6, 6.07) is 0. The average Bonchev–Trinajstić information content (AvgIpc) is 2.62. The van der Waals surface area contributed by atoms with Crippen LogP contribution in [0.4, 0.5) is 0 Å². The molecule has 0 aliphatic carbocycles. The summed E-state index contributed by atoms with van der Waals surface area (Å²) in [4.78, 5) is 0. The summed E-state index contributed by atoms with van der Waals surface area (Å²) in [5.74, 6) is 1.53. The molecule has 0 atom stereocenters. The van der Waals surface area contributed by atoms with Crippen molar-refractivity contribution in [2.75, 3.05) is 0 Å². The second-order valence-electron chi connectivity index (χ2n) is 3.56. The maximum atomic E-state index is 2.41. The smallest absolute Gasteiger partial charge is 0.234 e. The lowest BCUT2D eigenvalue weighted by molar-refractivity contribution is -0.690. The van der Waals surface area contributed by atoms with E-state index >= 15 is 0 Å². The molecule has 0 amide bonds. The van der Waals surface area contributed by atoms with Crippen LogP contribution in [0.2, 0.25) is 0 Å². The summed E-state index contributed by atoms with van der Waals surface area (Å²) in [6.45, 7) is 4.68. The molecule has 2 rings (SSSR count). The summed E-state index contributed by atoms with van der Waals surface area (Å²) < 4.78 is 4.80. The number of hydrogen-bond acceptors (Lipinski definition) is 0. The van der Waals surface area contributed by atoms with E-state index < -0.39 is 0 Å². The van der Waals surface area contributed by atoms with Crippen molar-refractivity contribution in [3.8, 4) is 0 Å². The highest BCUT2D eigenvalue weighted by Crippen LogP contribution is 2.07. The van der Waals surface area contributed by atoms with Crippen LogP contribution < -0.4 is 4.57 Å². The molecule has 0 N–H and O–H groups in total. The van der Waals surface area contributed by atoms with Gasteiger partial charge in [-0.25, -0.2) is 9.13 Å². The van der Waals surface area contributed by atoms with Gasteiger partial charge < -0.3 is 0 Å². The number of nitrogens with zero attached hydrogens (tertiary/aromatic N) is 2. The van der Waals surface area contributed by atoms with Gasteiger partial charge in [-0.05, 0) is 12.8 Å². The average molecular weight is 165 g/mol. The first-order valence-corrected chi connectivity index (χ1v) is 4.99. The minimum atomic E-state index is 1.21. The second-order valence-corrected chi connectivity index (χ2v) is 3.56. The van der Waals surface area contributed by atoms with Crippen LogP contribution in [0.1, 0.15) is 32.0 Å². The molecule has 1 aliphatic heterocycles. The maximum absolute atomic E-state index is 2.41. The number of rotatable bonds is 3. The minimum absolute atomic E-state index is 1.21. The lowest BCUT2D eigenvalue weighted by Gasteiger charge is -1.96. The number of imidazole rings is 1. The summed E-state index contributed by atoms with van der Waals surface area (Å²) in [7, 11) is 0. The standard InChI is InChI=1S/C10H17N2/c1-2-3-6-11-8-9-12-7-4-5-10(11)12/h8-9H,2-7H2,1H3/q+1. The zero-order valence-electron chi connectivity index (χ0n) is 7.79. The Morgan fingerprint density at radius 2 is 2.50 bits per heavy atom. The fourth-order valence-electron chi connectivity index (χ4n) is 1.93. The first-order valence-electron chi connectivity index (χ1n) is 4.99. The van der Waals surface area contributed by atoms with Crippen molar-refractivity contribution in [1.29, 1.82) is 0 Å². The molecule has 0 spiro atoms. The molecule has 0 radical (unpaired) electrons. The molecule has 0 unspecified atom stereocenters. The van der Waals surface area contributed by atoms with Gasteiger partial charge in [0, 0.05) is 0 Å². The van der Waals surface area contributed by atoms with Crippen LogP contribution in [0.3, 0.4) is 0 Å². The van der Waals surface area contributed by atoms with E-state index in [1.807, 2.05) is 0 Å². The van der Waals surface area contributed by atoms with E-state index in [9.17, 15) is 0 Å². The van der Waals surface area contributed by atoms with Crippen LogP contribution in [-0.2, 0) is 19.5 Å². The predicted octanol–water partition coefficient (Wildman–Crippen LogP) is 1.52. The van der Waals surface area contributed by atoms with Crippen LogP contribution in [0, 0.1) is 0 Å². The topological polar surface area (TPSA) is 8.81 Å². The number of aryl methyl sites for hydroxylation is 2. The van der Waals surface area contributed by atoms with Crippen LogP contribution in [0.25, 0.3) is 0 Å². The van der Waals surface area contributed by atoms with Gasteiger partial charge in [-0.1, -0.05) is 13.3 Å². The van der Waals surface area contributed by atoms with Crippen LogP contribution >= 0.6 is 0 Å². The molecule has 2 heteroatoms. The van der Waals surface area contributed by atoms with Gasteiger partial charge in [0.1, 0.15) is 12.4 Å². The van der Waals surface area contributed by atoms with Crippen molar-refractivity contribution in [1.82, 2.24) is 4.57 Å². The first kappa shape index (κ1) is 7.84. The third-order valence-electron chi connectivity index (χ3n) is 2.64. The largest absolute Gasteiger partial charge is 0.256 e. The van der Waals surface area contributed by atoms with Crippen molar-refractivity contribution in [2.45, 2.75) is 45.7 Å². The van der Waals surface area contributed by atoms with Gasteiger partial charge in [-0.3, -0.25) is 0 Å². The fourth-order valence-corrected chi connectivity index (χ4v) is 1.93. The number of hydrogen-bond donors (Lipinski definition) is 0. The SMILES string of the molecule is CCCCn1cc[n+]2c1CCC2. The molecular weight excluding hydrogens is 148 g/mol. The van der Waals surface area contributed by atoms with E-state index in [1.165, 1.54) is 44.6 Å². The van der Waals surface area contributed by atoms with Gasteiger partial charge in [-0.2, -0.15) is 0 Å². The fraction of sp³-hybridized carbons (Fsp3) is 0.700. The molecule has 0 saturated carbocycles. The van der Waals surface area contributed by atoms with Crippen molar-refractivity contribution in [3.05, 3.63) is 18.2 Å². The molecule has 0 fully saturated rings. The van der Waals surface area contributed by atoms with Crippen LogP contribution in [-0.4, -0.2) is 4.57 Å². The van der Waals surface area contributed by atoms with Crippen molar-refractivity contribution in [2.24, 2.45) is 0 Å². The van der Waals surface area contributed by atoms with Gasteiger partial charge in [-0.15, -0.1) is 0 Å². The van der Waals surface area contributed by atoms with Crippen LogP contribution in [0.5, 0.6) is 0 Å². The van der Waals surface area contributed by atoms with Crippen molar-refractivity contribution < 1.29 is 4.57 Å². The summed E-state index contributed by atoms with van der Waals surface area (Å²) in [6.07, 6.45) is 9.65. The quantitative estimate of drug-likeness (QED) is 0.600. The Labute approximate surface area is 73.8 Å². The normalized spacial score (nSPS) is 15.1. The molecule has 12 heavy (non-hydrogen) atoms. The number of fused-ring (bicyclic) bond motifs is 1. The zero-order valence-corrected chi connectivity index (χ0v) is 7.79. The second kappa shape index (κ2) is 3.30. The molecule has 0 aromatic carbocycles. The summed E-state index contributed by atoms with van der Waals surface area (Å²) >= 11 is 0. The van der Waals surface area contributed by atoms with E-state index in [1.54, 1.807) is 0 Å².